The van der Waals surface area contributed by atoms with Crippen LogP contribution in [0.3, 0.4) is 0 Å². The molecule has 9 heteroatoms. The van der Waals surface area contributed by atoms with E-state index in [1.165, 1.54) is 17.0 Å². The van der Waals surface area contributed by atoms with E-state index in [0.29, 0.717) is 24.4 Å². The van der Waals surface area contributed by atoms with Crippen LogP contribution in [-0.2, 0) is 4.79 Å². The Balaban J connectivity index is 1.99. The van der Waals surface area contributed by atoms with Gasteiger partial charge in [0.1, 0.15) is 6.04 Å². The van der Waals surface area contributed by atoms with E-state index in [0.717, 1.165) is 24.3 Å². The number of hydrogen-bond donors (Lipinski definition) is 2. The summed E-state index contributed by atoms with van der Waals surface area (Å²) in [5.74, 6) is -0.484. The van der Waals surface area contributed by atoms with Gasteiger partial charge in [-0.1, -0.05) is 18.3 Å². The van der Waals surface area contributed by atoms with E-state index in [1.807, 2.05) is 13.8 Å². The lowest BCUT2D eigenvalue weighted by molar-refractivity contribution is -0.380. The number of nitrogens with one attached hydrogen (secondary N) is 2. The second kappa shape index (κ2) is 8.20. The normalized spacial score (nSPS) is 18.4. The molecular weight excluding hydrogens is 332 g/mol. The molecule has 1 unspecified atom stereocenters. The molecule has 0 aliphatic carbocycles. The molecule has 0 spiro atoms. The van der Waals surface area contributed by atoms with Crippen LogP contribution in [-0.4, -0.2) is 53.4 Å². The number of rotatable bonds is 7. The highest BCUT2D eigenvalue weighted by atomic mass is 32.1. The Labute approximate surface area is 144 Å². The van der Waals surface area contributed by atoms with Crippen LogP contribution < -0.4 is 10.6 Å². The molecule has 24 heavy (non-hydrogen) atoms. The molecule has 0 bridgehead atoms. The number of likely N-dealkylation sites (N-methyl/N-ethyl adjacent to an activating group) is 1. The summed E-state index contributed by atoms with van der Waals surface area (Å²) in [6, 6.07) is 2.42. The lowest BCUT2D eigenvalue weighted by Crippen LogP contribution is -2.48. The third-order valence-electron chi connectivity index (χ3n) is 3.93. The number of carbonyl (C=O) groups excluding carboxylic acids is 2. The van der Waals surface area contributed by atoms with Gasteiger partial charge in [0.25, 0.3) is 5.91 Å². The number of carbonyl (C=O) groups is 2. The molecule has 2 atom stereocenters. The number of nitro groups is 1. The van der Waals surface area contributed by atoms with E-state index in [-0.39, 0.29) is 22.9 Å². The summed E-state index contributed by atoms with van der Waals surface area (Å²) >= 11 is 0.843. The Kier molecular flexibility index (Phi) is 6.27. The Hall–Kier alpha value is -2.00. The Morgan fingerprint density at radius 1 is 1.50 bits per heavy atom. The van der Waals surface area contributed by atoms with Crippen molar-refractivity contribution in [2.75, 3.05) is 19.6 Å². The molecule has 132 valence electrons. The predicted octanol–water partition coefficient (Wildman–Crippen LogP) is 1.38. The zero-order valence-corrected chi connectivity index (χ0v) is 14.6. The molecule has 2 rings (SSSR count). The second-order valence-corrected chi connectivity index (χ2v) is 6.82. The van der Waals surface area contributed by atoms with Crippen LogP contribution in [0, 0.1) is 10.1 Å². The van der Waals surface area contributed by atoms with Crippen molar-refractivity contribution in [1.29, 1.82) is 0 Å². The van der Waals surface area contributed by atoms with E-state index >= 15 is 0 Å². The molecule has 0 aromatic carbocycles. The zero-order valence-electron chi connectivity index (χ0n) is 13.8. The van der Waals surface area contributed by atoms with Crippen LogP contribution in [0.25, 0.3) is 0 Å². The minimum absolute atomic E-state index is 0.0713. The van der Waals surface area contributed by atoms with Crippen molar-refractivity contribution in [3.05, 3.63) is 27.1 Å². The first-order chi connectivity index (χ1) is 11.4. The fraction of sp³-hybridized carbons (Fsp3) is 0.600. The molecule has 0 saturated carbocycles. The number of nitrogens with zero attached hydrogens (tertiary/aromatic N) is 2. The van der Waals surface area contributed by atoms with Crippen molar-refractivity contribution in [1.82, 2.24) is 15.5 Å². The fourth-order valence-corrected chi connectivity index (χ4v) is 3.53. The number of hydrogen-bond acceptors (Lipinski definition) is 6. The largest absolute Gasteiger partial charge is 0.353 e. The maximum atomic E-state index is 12.6. The highest BCUT2D eigenvalue weighted by Gasteiger charge is 2.35. The summed E-state index contributed by atoms with van der Waals surface area (Å²) < 4.78 is 0. The molecule has 8 nitrogen and oxygen atoms in total. The van der Waals surface area contributed by atoms with Gasteiger partial charge < -0.3 is 15.5 Å². The third-order valence-corrected chi connectivity index (χ3v) is 4.96. The molecule has 2 N–H and O–H groups in total. The van der Waals surface area contributed by atoms with Gasteiger partial charge in [0.05, 0.1) is 9.80 Å². The predicted molar refractivity (Wildman–Crippen MR) is 91.2 cm³/mol. The van der Waals surface area contributed by atoms with Crippen LogP contribution in [0.2, 0.25) is 0 Å². The maximum absolute atomic E-state index is 12.6. The lowest BCUT2D eigenvalue weighted by atomic mass is 10.2. The van der Waals surface area contributed by atoms with Crippen molar-refractivity contribution < 1.29 is 14.5 Å². The lowest BCUT2D eigenvalue weighted by Gasteiger charge is -2.24. The van der Waals surface area contributed by atoms with Gasteiger partial charge >= 0.3 is 5.00 Å². The molecule has 1 aromatic rings. The molecule has 2 heterocycles. The smallest absolute Gasteiger partial charge is 0.324 e. The van der Waals surface area contributed by atoms with Crippen molar-refractivity contribution in [3.8, 4) is 0 Å². The average Bonchev–Trinajstić information content (AvgIpc) is 3.21. The molecule has 1 aromatic heterocycles. The molecule has 1 aliphatic heterocycles. The van der Waals surface area contributed by atoms with Gasteiger partial charge in [-0.2, -0.15) is 0 Å². The number of likely N-dealkylation sites (tertiary alicyclic amines) is 1. The summed E-state index contributed by atoms with van der Waals surface area (Å²) in [5.41, 5.74) is 0. The second-order valence-electron chi connectivity index (χ2n) is 5.76. The van der Waals surface area contributed by atoms with Crippen LogP contribution in [0.4, 0.5) is 5.00 Å². The molecule has 2 amide bonds. The van der Waals surface area contributed by atoms with Gasteiger partial charge in [-0.05, 0) is 32.4 Å². The van der Waals surface area contributed by atoms with Crippen molar-refractivity contribution >= 4 is 28.2 Å². The Morgan fingerprint density at radius 3 is 2.88 bits per heavy atom. The van der Waals surface area contributed by atoms with Crippen molar-refractivity contribution in [2.45, 2.75) is 38.8 Å². The quantitative estimate of drug-likeness (QED) is 0.568. The van der Waals surface area contributed by atoms with Crippen molar-refractivity contribution in [3.63, 3.8) is 0 Å². The standard InChI is InChI=1S/C15H22N4O4S/c1-3-16-10(2)9-17-14(20)11-5-4-8-18(11)15(21)12-6-7-13(24-12)19(22)23/h6-7,10-11,16H,3-5,8-9H2,1-2H3,(H,17,20)/t10-,11?/m1/s1. The summed E-state index contributed by atoms with van der Waals surface area (Å²) in [4.78, 5) is 37.0. The topological polar surface area (TPSA) is 105 Å². The third kappa shape index (κ3) is 4.30. The van der Waals surface area contributed by atoms with E-state index in [4.69, 9.17) is 0 Å². The van der Waals surface area contributed by atoms with E-state index in [9.17, 15) is 19.7 Å². The van der Waals surface area contributed by atoms with Gasteiger partial charge in [-0.3, -0.25) is 19.7 Å². The number of thiophene rings is 1. The van der Waals surface area contributed by atoms with Gasteiger partial charge in [0.2, 0.25) is 5.91 Å². The van der Waals surface area contributed by atoms with Gasteiger partial charge in [-0.15, -0.1) is 0 Å². The highest BCUT2D eigenvalue weighted by molar-refractivity contribution is 7.17. The van der Waals surface area contributed by atoms with Gasteiger partial charge in [-0.25, -0.2) is 0 Å². The van der Waals surface area contributed by atoms with E-state index < -0.39 is 11.0 Å². The van der Waals surface area contributed by atoms with Gasteiger partial charge in [0, 0.05) is 25.2 Å². The van der Waals surface area contributed by atoms with Gasteiger partial charge in [0.15, 0.2) is 0 Å². The first-order valence-electron chi connectivity index (χ1n) is 8.00. The van der Waals surface area contributed by atoms with Crippen LogP contribution in [0.15, 0.2) is 12.1 Å². The van der Waals surface area contributed by atoms with Crippen LogP contribution in [0.1, 0.15) is 36.4 Å². The Bertz CT molecular complexity index is 618. The van der Waals surface area contributed by atoms with Crippen LogP contribution >= 0.6 is 11.3 Å². The van der Waals surface area contributed by atoms with E-state index in [2.05, 4.69) is 10.6 Å². The summed E-state index contributed by atoms with van der Waals surface area (Å²) in [7, 11) is 0. The SMILES string of the molecule is CCN[C@H](C)CNC(=O)C1CCCN1C(=O)c1ccc([N+](=O)[O-])s1. The minimum Gasteiger partial charge on any atom is -0.353 e. The first kappa shape index (κ1) is 18.3. The number of amides is 2. The summed E-state index contributed by atoms with van der Waals surface area (Å²) in [6.07, 6.45) is 1.36. The maximum Gasteiger partial charge on any atom is 0.324 e. The fourth-order valence-electron chi connectivity index (χ4n) is 2.76. The summed E-state index contributed by atoms with van der Waals surface area (Å²) in [6.45, 7) is 5.78. The first-order valence-corrected chi connectivity index (χ1v) is 8.82. The van der Waals surface area contributed by atoms with E-state index in [1.54, 1.807) is 0 Å². The Morgan fingerprint density at radius 2 is 2.25 bits per heavy atom. The minimum atomic E-state index is -0.516. The molecule has 1 aliphatic rings. The molecule has 1 fully saturated rings. The molecular formula is C15H22N4O4S. The van der Waals surface area contributed by atoms with Crippen LogP contribution in [0.5, 0.6) is 0 Å². The monoisotopic (exact) mass is 354 g/mol. The van der Waals surface area contributed by atoms with Crippen molar-refractivity contribution in [2.24, 2.45) is 0 Å². The molecule has 1 saturated heterocycles. The highest BCUT2D eigenvalue weighted by Crippen LogP contribution is 2.28. The zero-order chi connectivity index (χ0) is 17.7. The molecule has 0 radical (unpaired) electrons. The average molecular weight is 354 g/mol. The summed E-state index contributed by atoms with van der Waals surface area (Å²) in [5, 5.41) is 16.8.